The summed E-state index contributed by atoms with van der Waals surface area (Å²) in [7, 11) is 0. The fraction of sp³-hybridized carbons (Fsp3) is 0.529. The fourth-order valence-corrected chi connectivity index (χ4v) is 2.32. The predicted octanol–water partition coefficient (Wildman–Crippen LogP) is 2.18. The number of carbonyl (C=O) groups is 2. The van der Waals surface area contributed by atoms with Crippen LogP contribution in [0.4, 0.5) is 4.39 Å². The van der Waals surface area contributed by atoms with Gasteiger partial charge in [0.15, 0.2) is 0 Å². The molecule has 4 nitrogen and oxygen atoms in total. The van der Waals surface area contributed by atoms with Gasteiger partial charge in [0.25, 0.3) is 0 Å². The van der Waals surface area contributed by atoms with Gasteiger partial charge in [-0.2, -0.15) is 0 Å². The third kappa shape index (κ3) is 3.84. The molecule has 1 aliphatic carbocycles. The molecule has 0 unspecified atom stereocenters. The van der Waals surface area contributed by atoms with Gasteiger partial charge in [0.05, 0.1) is 0 Å². The van der Waals surface area contributed by atoms with Crippen LogP contribution in [0.15, 0.2) is 24.3 Å². The summed E-state index contributed by atoms with van der Waals surface area (Å²) >= 11 is 0. The Balaban J connectivity index is 1.87. The Morgan fingerprint density at radius 1 is 1.18 bits per heavy atom. The lowest BCUT2D eigenvalue weighted by Gasteiger charge is -2.24. The van der Waals surface area contributed by atoms with E-state index in [0.717, 1.165) is 0 Å². The van der Waals surface area contributed by atoms with Crippen molar-refractivity contribution in [3.8, 4) is 0 Å². The van der Waals surface area contributed by atoms with Crippen LogP contribution >= 0.6 is 0 Å². The second kappa shape index (κ2) is 6.07. The summed E-state index contributed by atoms with van der Waals surface area (Å²) in [6.45, 7) is 5.98. The molecule has 2 rings (SSSR count). The molecule has 0 aliphatic heterocycles. The molecule has 1 saturated carbocycles. The molecule has 0 radical (unpaired) electrons. The van der Waals surface area contributed by atoms with Crippen LogP contribution in [0, 0.1) is 11.2 Å². The van der Waals surface area contributed by atoms with E-state index in [-0.39, 0.29) is 23.2 Å². The van der Waals surface area contributed by atoms with Crippen LogP contribution in [0.3, 0.4) is 0 Å². The van der Waals surface area contributed by atoms with Crippen LogP contribution in [0.1, 0.15) is 39.2 Å². The predicted molar refractivity (Wildman–Crippen MR) is 82.7 cm³/mol. The molecule has 22 heavy (non-hydrogen) atoms. The van der Waals surface area contributed by atoms with E-state index in [1.165, 1.54) is 6.07 Å². The number of hydrogen-bond acceptors (Lipinski definition) is 2. The molecule has 0 aromatic heterocycles. The first kappa shape index (κ1) is 16.5. The topological polar surface area (TPSA) is 58.2 Å². The zero-order valence-electron chi connectivity index (χ0n) is 13.3. The van der Waals surface area contributed by atoms with Gasteiger partial charge >= 0.3 is 0 Å². The third-order valence-electron chi connectivity index (χ3n) is 3.75. The van der Waals surface area contributed by atoms with E-state index in [1.807, 2.05) is 20.8 Å². The van der Waals surface area contributed by atoms with E-state index in [2.05, 4.69) is 10.6 Å². The van der Waals surface area contributed by atoms with E-state index < -0.39 is 5.41 Å². The number of halogens is 1. The molecule has 1 aromatic rings. The van der Waals surface area contributed by atoms with Gasteiger partial charge in [0, 0.05) is 12.1 Å². The molecule has 5 heteroatoms. The molecule has 120 valence electrons. The molecule has 1 aromatic carbocycles. The van der Waals surface area contributed by atoms with Gasteiger partial charge in [0.2, 0.25) is 11.8 Å². The fourth-order valence-electron chi connectivity index (χ4n) is 2.32. The normalized spacial score (nSPS) is 16.0. The molecule has 2 N–H and O–H groups in total. The molecule has 0 bridgehead atoms. The average molecular weight is 306 g/mol. The van der Waals surface area contributed by atoms with Crippen LogP contribution in [-0.2, 0) is 16.0 Å². The average Bonchev–Trinajstić information content (AvgIpc) is 3.20. The van der Waals surface area contributed by atoms with Crippen molar-refractivity contribution in [2.75, 3.05) is 6.54 Å². The lowest BCUT2D eigenvalue weighted by Crippen LogP contribution is -2.49. The van der Waals surface area contributed by atoms with Gasteiger partial charge in [-0.1, -0.05) is 18.2 Å². The molecule has 2 amide bonds. The van der Waals surface area contributed by atoms with Crippen molar-refractivity contribution < 1.29 is 14.0 Å². The molecule has 0 saturated heterocycles. The van der Waals surface area contributed by atoms with Crippen molar-refractivity contribution in [1.82, 2.24) is 10.6 Å². The first-order chi connectivity index (χ1) is 10.2. The van der Waals surface area contributed by atoms with Crippen LogP contribution in [0.5, 0.6) is 0 Å². The Morgan fingerprint density at radius 3 is 2.36 bits per heavy atom. The van der Waals surface area contributed by atoms with Gasteiger partial charge in [-0.3, -0.25) is 9.59 Å². The zero-order chi connectivity index (χ0) is 16.4. The van der Waals surface area contributed by atoms with Crippen molar-refractivity contribution in [2.24, 2.45) is 5.41 Å². The van der Waals surface area contributed by atoms with Gasteiger partial charge < -0.3 is 10.6 Å². The van der Waals surface area contributed by atoms with Gasteiger partial charge in [-0.05, 0) is 51.7 Å². The number of hydrogen-bond donors (Lipinski definition) is 2. The second-order valence-corrected chi connectivity index (χ2v) is 6.88. The first-order valence-corrected chi connectivity index (χ1v) is 7.59. The highest BCUT2D eigenvalue weighted by atomic mass is 19.1. The molecular weight excluding hydrogens is 283 g/mol. The van der Waals surface area contributed by atoms with E-state index in [4.69, 9.17) is 0 Å². The SMILES string of the molecule is CC(C)(C)NC(=O)C1(C(=O)NCCc2ccccc2F)CC1. The van der Waals surface area contributed by atoms with Crippen LogP contribution in [0.2, 0.25) is 0 Å². The summed E-state index contributed by atoms with van der Waals surface area (Å²) in [5.74, 6) is -0.752. The summed E-state index contributed by atoms with van der Waals surface area (Å²) < 4.78 is 13.5. The Morgan fingerprint density at radius 2 is 1.82 bits per heavy atom. The molecule has 0 heterocycles. The van der Waals surface area contributed by atoms with Crippen molar-refractivity contribution in [3.05, 3.63) is 35.6 Å². The van der Waals surface area contributed by atoms with Crippen molar-refractivity contribution in [3.63, 3.8) is 0 Å². The number of benzene rings is 1. The third-order valence-corrected chi connectivity index (χ3v) is 3.75. The minimum absolute atomic E-state index is 0.219. The largest absolute Gasteiger partial charge is 0.355 e. The van der Waals surface area contributed by atoms with Crippen LogP contribution in [0.25, 0.3) is 0 Å². The number of nitrogens with one attached hydrogen (secondary N) is 2. The minimum atomic E-state index is -0.928. The highest BCUT2D eigenvalue weighted by Crippen LogP contribution is 2.46. The summed E-state index contributed by atoms with van der Waals surface area (Å²) in [4.78, 5) is 24.5. The molecule has 0 spiro atoms. The van der Waals surface area contributed by atoms with Crippen LogP contribution in [-0.4, -0.2) is 23.9 Å². The highest BCUT2D eigenvalue weighted by molar-refractivity contribution is 6.08. The monoisotopic (exact) mass is 306 g/mol. The van der Waals surface area contributed by atoms with Crippen molar-refractivity contribution >= 4 is 11.8 Å². The molecule has 1 aliphatic rings. The van der Waals surface area contributed by atoms with E-state index in [9.17, 15) is 14.0 Å². The first-order valence-electron chi connectivity index (χ1n) is 7.59. The Hall–Kier alpha value is -1.91. The van der Waals surface area contributed by atoms with Gasteiger partial charge in [0.1, 0.15) is 11.2 Å². The standard InChI is InChI=1S/C17H23FN2O2/c1-16(2,3)20-15(22)17(9-10-17)14(21)19-11-8-12-6-4-5-7-13(12)18/h4-7H,8-11H2,1-3H3,(H,19,21)(H,20,22). The van der Waals surface area contributed by atoms with E-state index >= 15 is 0 Å². The van der Waals surface area contributed by atoms with Crippen molar-refractivity contribution in [1.29, 1.82) is 0 Å². The maximum Gasteiger partial charge on any atom is 0.236 e. The molecular formula is C17H23FN2O2. The number of amides is 2. The Bertz CT molecular complexity index is 574. The maximum absolute atomic E-state index is 13.5. The lowest BCUT2D eigenvalue weighted by molar-refractivity contribution is -0.138. The van der Waals surface area contributed by atoms with E-state index in [0.29, 0.717) is 31.4 Å². The number of carbonyl (C=O) groups excluding carboxylic acids is 2. The van der Waals surface area contributed by atoms with Crippen molar-refractivity contribution in [2.45, 2.75) is 45.6 Å². The highest BCUT2D eigenvalue weighted by Gasteiger charge is 2.56. The summed E-state index contributed by atoms with van der Waals surface area (Å²) in [5.41, 5.74) is -0.727. The lowest BCUT2D eigenvalue weighted by atomic mass is 10.0. The summed E-state index contributed by atoms with van der Waals surface area (Å²) in [5, 5.41) is 5.62. The van der Waals surface area contributed by atoms with Gasteiger partial charge in [-0.15, -0.1) is 0 Å². The van der Waals surface area contributed by atoms with E-state index in [1.54, 1.807) is 18.2 Å². The van der Waals surface area contributed by atoms with Crippen LogP contribution < -0.4 is 10.6 Å². The smallest absolute Gasteiger partial charge is 0.236 e. The quantitative estimate of drug-likeness (QED) is 0.819. The minimum Gasteiger partial charge on any atom is -0.355 e. The summed E-state index contributed by atoms with van der Waals surface area (Å²) in [6, 6.07) is 6.49. The molecule has 0 atom stereocenters. The Labute approximate surface area is 130 Å². The molecule has 1 fully saturated rings. The second-order valence-electron chi connectivity index (χ2n) is 6.88. The Kier molecular flexibility index (Phi) is 4.54. The maximum atomic E-state index is 13.5. The zero-order valence-corrected chi connectivity index (χ0v) is 13.3. The number of rotatable bonds is 5. The summed E-state index contributed by atoms with van der Waals surface area (Å²) in [6.07, 6.45) is 1.55. The van der Waals surface area contributed by atoms with Gasteiger partial charge in [-0.25, -0.2) is 4.39 Å².